The number of rotatable bonds is 2. The van der Waals surface area contributed by atoms with Crippen molar-refractivity contribution < 1.29 is 4.74 Å². The Morgan fingerprint density at radius 2 is 2.26 bits per heavy atom. The molecule has 2 heterocycles. The quantitative estimate of drug-likeness (QED) is 0.852. The third kappa shape index (κ3) is 2.19. The second-order valence-corrected chi connectivity index (χ2v) is 5.36. The first-order valence-electron chi connectivity index (χ1n) is 6.50. The van der Waals surface area contributed by atoms with Gasteiger partial charge in [0.15, 0.2) is 0 Å². The molecule has 19 heavy (non-hydrogen) atoms. The second-order valence-electron chi connectivity index (χ2n) is 5.04. The highest BCUT2D eigenvalue weighted by molar-refractivity contribution is 7.79. The number of methoxy groups -OCH3 is 1. The van der Waals surface area contributed by atoms with Gasteiger partial charge in [0.2, 0.25) is 0 Å². The molecule has 0 fully saturated rings. The second kappa shape index (κ2) is 5.02. The van der Waals surface area contributed by atoms with E-state index < -0.39 is 0 Å². The van der Waals surface area contributed by atoms with Crippen LogP contribution in [0.5, 0.6) is 5.75 Å². The Hall–Kier alpha value is -1.26. The molecule has 0 radical (unpaired) electrons. The largest absolute Gasteiger partial charge is 0.497 e. The van der Waals surface area contributed by atoms with E-state index in [-0.39, 0.29) is 0 Å². The topological polar surface area (TPSA) is 25.4 Å². The van der Waals surface area contributed by atoms with Crippen molar-refractivity contribution in [2.24, 2.45) is 0 Å². The molecule has 0 N–H and O–H groups in total. The smallest absolute Gasteiger partial charge is 0.119 e. The maximum absolute atomic E-state index is 5.32. The van der Waals surface area contributed by atoms with E-state index in [0.717, 1.165) is 36.5 Å². The molecule has 0 saturated heterocycles. The molecule has 3 nitrogen and oxygen atoms in total. The number of hydrogen-bond donors (Lipinski definition) is 1. The van der Waals surface area contributed by atoms with Crippen molar-refractivity contribution in [3.63, 3.8) is 0 Å². The van der Waals surface area contributed by atoms with Crippen molar-refractivity contribution in [1.29, 1.82) is 0 Å². The molecule has 4 heteroatoms. The molecule has 1 aliphatic heterocycles. The number of hydrogen-bond acceptors (Lipinski definition) is 4. The maximum atomic E-state index is 5.32. The lowest BCUT2D eigenvalue weighted by molar-refractivity contribution is 0.309. The van der Waals surface area contributed by atoms with Gasteiger partial charge in [-0.05, 0) is 36.4 Å². The van der Waals surface area contributed by atoms with Crippen LogP contribution in [-0.2, 0) is 18.7 Å². The fourth-order valence-corrected chi connectivity index (χ4v) is 3.11. The van der Waals surface area contributed by atoms with Gasteiger partial charge in [0, 0.05) is 36.3 Å². The summed E-state index contributed by atoms with van der Waals surface area (Å²) in [7, 11) is 3.85. The van der Waals surface area contributed by atoms with Gasteiger partial charge < -0.3 is 9.64 Å². The first-order valence-corrected chi connectivity index (χ1v) is 7.14. The highest BCUT2D eigenvalue weighted by atomic mass is 32.1. The molecule has 0 unspecified atom stereocenters. The van der Waals surface area contributed by atoms with Crippen molar-refractivity contribution in [2.45, 2.75) is 18.7 Å². The van der Waals surface area contributed by atoms with Gasteiger partial charge in [-0.2, -0.15) is 12.6 Å². The van der Waals surface area contributed by atoms with E-state index in [1.165, 1.54) is 22.2 Å². The fraction of sp³-hybridized carbons (Fsp3) is 0.400. The number of fused-ring (bicyclic) bond motifs is 2. The van der Waals surface area contributed by atoms with Crippen LogP contribution in [0.3, 0.4) is 0 Å². The van der Waals surface area contributed by atoms with Gasteiger partial charge >= 0.3 is 0 Å². The van der Waals surface area contributed by atoms with E-state index in [9.17, 15) is 0 Å². The minimum Gasteiger partial charge on any atom is -0.497 e. The van der Waals surface area contributed by atoms with Gasteiger partial charge in [0.25, 0.3) is 0 Å². The van der Waals surface area contributed by atoms with E-state index in [4.69, 9.17) is 9.72 Å². The number of pyridine rings is 1. The number of benzene rings is 1. The first kappa shape index (κ1) is 12.8. The molecular formula is C15H18N2OS. The van der Waals surface area contributed by atoms with Crippen molar-refractivity contribution in [3.05, 3.63) is 35.0 Å². The zero-order valence-electron chi connectivity index (χ0n) is 11.3. The Bertz CT molecular complexity index is 627. The monoisotopic (exact) mass is 274 g/mol. The lowest BCUT2D eigenvalue weighted by Gasteiger charge is -2.27. The summed E-state index contributed by atoms with van der Waals surface area (Å²) in [5, 5.41) is 1.17. The van der Waals surface area contributed by atoms with E-state index in [2.05, 4.69) is 30.6 Å². The lowest BCUT2D eigenvalue weighted by Crippen LogP contribution is -2.28. The molecule has 0 aliphatic carbocycles. The van der Waals surface area contributed by atoms with Crippen LogP contribution in [0.15, 0.2) is 18.2 Å². The highest BCUT2D eigenvalue weighted by Crippen LogP contribution is 2.30. The van der Waals surface area contributed by atoms with Gasteiger partial charge in [-0.1, -0.05) is 0 Å². The van der Waals surface area contributed by atoms with E-state index in [1.807, 2.05) is 12.1 Å². The molecular weight excluding hydrogens is 256 g/mol. The molecule has 1 aromatic carbocycles. The summed E-state index contributed by atoms with van der Waals surface area (Å²) in [6, 6.07) is 6.08. The number of thiol groups is 1. The summed E-state index contributed by atoms with van der Waals surface area (Å²) in [5.74, 6) is 1.61. The van der Waals surface area contributed by atoms with E-state index in [1.54, 1.807) is 7.11 Å². The predicted octanol–water partition coefficient (Wildman–Crippen LogP) is 2.66. The average molecular weight is 274 g/mol. The number of nitrogens with zero attached hydrogens (tertiary/aromatic N) is 2. The van der Waals surface area contributed by atoms with Crippen LogP contribution in [0.4, 0.5) is 0 Å². The fourth-order valence-electron chi connectivity index (χ4n) is 2.75. The molecule has 1 aromatic heterocycles. The SMILES string of the molecule is COc1ccc2nc3c(c(CS)c2c1)CN(C)CC3. The zero-order valence-corrected chi connectivity index (χ0v) is 12.2. The van der Waals surface area contributed by atoms with E-state index in [0.29, 0.717) is 0 Å². The summed E-state index contributed by atoms with van der Waals surface area (Å²) in [6.45, 7) is 2.04. The predicted molar refractivity (Wildman–Crippen MR) is 81.0 cm³/mol. The molecule has 3 rings (SSSR count). The Labute approximate surface area is 119 Å². The van der Waals surface area contributed by atoms with Crippen LogP contribution in [0, 0.1) is 0 Å². The summed E-state index contributed by atoms with van der Waals surface area (Å²) < 4.78 is 5.32. The van der Waals surface area contributed by atoms with Crippen molar-refractivity contribution in [2.75, 3.05) is 20.7 Å². The van der Waals surface area contributed by atoms with Gasteiger partial charge in [-0.15, -0.1) is 0 Å². The minimum absolute atomic E-state index is 0.738. The van der Waals surface area contributed by atoms with Crippen LogP contribution < -0.4 is 4.74 Å². The highest BCUT2D eigenvalue weighted by Gasteiger charge is 2.20. The normalized spacial score (nSPS) is 15.5. The Kier molecular flexibility index (Phi) is 3.37. The summed E-state index contributed by atoms with van der Waals surface area (Å²) in [4.78, 5) is 7.15. The summed E-state index contributed by atoms with van der Waals surface area (Å²) in [6.07, 6.45) is 1.02. The molecule has 0 spiro atoms. The van der Waals surface area contributed by atoms with Crippen LogP contribution >= 0.6 is 12.6 Å². The Morgan fingerprint density at radius 3 is 3.00 bits per heavy atom. The molecule has 1 aliphatic rings. The molecule has 100 valence electrons. The minimum atomic E-state index is 0.738. The molecule has 0 bridgehead atoms. The number of ether oxygens (including phenoxy) is 1. The maximum Gasteiger partial charge on any atom is 0.119 e. The molecule has 0 atom stereocenters. The lowest BCUT2D eigenvalue weighted by atomic mass is 9.97. The van der Waals surface area contributed by atoms with Gasteiger partial charge in [0.1, 0.15) is 5.75 Å². The standard InChI is InChI=1S/C15H18N2OS/c1-17-6-5-15-12(8-17)13(9-19)11-7-10(18-2)3-4-14(11)16-15/h3-4,7,19H,5-6,8-9H2,1-2H3. The zero-order chi connectivity index (χ0) is 13.4. The van der Waals surface area contributed by atoms with Crippen LogP contribution in [0.2, 0.25) is 0 Å². The van der Waals surface area contributed by atoms with Gasteiger partial charge in [-0.3, -0.25) is 4.98 Å². The van der Waals surface area contributed by atoms with Gasteiger partial charge in [-0.25, -0.2) is 0 Å². The third-order valence-corrected chi connectivity index (χ3v) is 4.13. The molecule has 0 amide bonds. The average Bonchev–Trinajstić information content (AvgIpc) is 2.44. The van der Waals surface area contributed by atoms with Crippen molar-refractivity contribution in [3.8, 4) is 5.75 Å². The van der Waals surface area contributed by atoms with Crippen molar-refractivity contribution >= 4 is 23.5 Å². The number of likely N-dealkylation sites (N-methyl/N-ethyl adjacent to an activating group) is 1. The van der Waals surface area contributed by atoms with Crippen LogP contribution in [0.25, 0.3) is 10.9 Å². The first-order chi connectivity index (χ1) is 9.22. The Balaban J connectivity index is 2.27. The molecule has 0 saturated carbocycles. The summed E-state index contributed by atoms with van der Waals surface area (Å²) in [5.41, 5.74) is 4.94. The summed E-state index contributed by atoms with van der Waals surface area (Å²) >= 11 is 4.53. The van der Waals surface area contributed by atoms with Crippen LogP contribution in [0.1, 0.15) is 16.8 Å². The Morgan fingerprint density at radius 1 is 1.42 bits per heavy atom. The number of aromatic nitrogens is 1. The van der Waals surface area contributed by atoms with E-state index >= 15 is 0 Å². The molecule has 2 aromatic rings. The third-order valence-electron chi connectivity index (χ3n) is 3.81. The van der Waals surface area contributed by atoms with Crippen LogP contribution in [-0.4, -0.2) is 30.6 Å². The van der Waals surface area contributed by atoms with Gasteiger partial charge in [0.05, 0.1) is 12.6 Å². The van der Waals surface area contributed by atoms with Crippen molar-refractivity contribution in [1.82, 2.24) is 9.88 Å².